The Bertz CT molecular complexity index is 778. The van der Waals surface area contributed by atoms with Gasteiger partial charge in [0.15, 0.2) is 0 Å². The molecule has 0 aromatic carbocycles. The summed E-state index contributed by atoms with van der Waals surface area (Å²) in [5, 5.41) is 10.5. The van der Waals surface area contributed by atoms with Crippen LogP contribution in [0.15, 0.2) is 28.4 Å². The van der Waals surface area contributed by atoms with E-state index >= 15 is 0 Å². The molecule has 1 saturated heterocycles. The second kappa shape index (κ2) is 7.87. The molecule has 0 unspecified atom stereocenters. The van der Waals surface area contributed by atoms with E-state index in [0.29, 0.717) is 6.42 Å². The number of ether oxygens (including phenoxy) is 2. The lowest BCUT2D eigenvalue weighted by atomic mass is 10.0. The van der Waals surface area contributed by atoms with Gasteiger partial charge in [-0.3, -0.25) is 14.3 Å². The number of aromatic amines is 1. The maximum Gasteiger partial charge on any atom is 0.328 e. The molecule has 0 bridgehead atoms. The number of rotatable bonds is 7. The summed E-state index contributed by atoms with van der Waals surface area (Å²) in [6.45, 7) is 6.85. The van der Waals surface area contributed by atoms with E-state index in [-0.39, 0.29) is 12.1 Å². The number of nitrogens with zero attached hydrogens (tertiary/aromatic N) is 1. The zero-order valence-corrected chi connectivity index (χ0v) is 15.9. The van der Waals surface area contributed by atoms with E-state index in [1.807, 2.05) is 0 Å². The molecule has 7 nitrogen and oxygen atoms in total. The summed E-state index contributed by atoms with van der Waals surface area (Å²) in [6, 6.07) is 0. The zero-order chi connectivity index (χ0) is 18.8. The van der Waals surface area contributed by atoms with E-state index in [1.165, 1.54) is 17.9 Å². The fourth-order valence-corrected chi connectivity index (χ4v) is 3.92. The summed E-state index contributed by atoms with van der Waals surface area (Å²) >= 11 is 0. The molecule has 1 aromatic heterocycles. The van der Waals surface area contributed by atoms with E-state index in [1.54, 1.807) is 6.08 Å². The normalized spacial score (nSPS) is 26.7. The number of methoxy groups -OCH3 is 1. The SMILES string of the molecule is C=CCn1cc([C@@H]2O[C@H](CCP(=C)(C)C)[C@@H](O)[C@H]2OC)c(=O)[nH]c1=O. The first kappa shape index (κ1) is 19.9. The molecule has 0 saturated carbocycles. The Balaban J connectivity index is 2.33. The van der Waals surface area contributed by atoms with E-state index in [9.17, 15) is 14.7 Å². The Morgan fingerprint density at radius 1 is 1.48 bits per heavy atom. The minimum absolute atomic E-state index is 0.263. The molecule has 140 valence electrons. The smallest absolute Gasteiger partial charge is 0.328 e. The van der Waals surface area contributed by atoms with E-state index in [4.69, 9.17) is 9.47 Å². The first-order chi connectivity index (χ1) is 11.7. The van der Waals surface area contributed by atoms with Crippen molar-refractivity contribution >= 4 is 13.2 Å². The molecule has 1 aliphatic rings. The van der Waals surface area contributed by atoms with Crippen LogP contribution in [0.5, 0.6) is 0 Å². The predicted octanol–water partition coefficient (Wildman–Crippen LogP) is 0.638. The predicted molar refractivity (Wildman–Crippen MR) is 101 cm³/mol. The quantitative estimate of drug-likeness (QED) is 0.543. The van der Waals surface area contributed by atoms with Crippen molar-refractivity contribution in [1.82, 2.24) is 9.55 Å². The van der Waals surface area contributed by atoms with Crippen LogP contribution < -0.4 is 11.2 Å². The minimum Gasteiger partial charge on any atom is -0.388 e. The monoisotopic (exact) mass is 370 g/mol. The van der Waals surface area contributed by atoms with Gasteiger partial charge in [-0.05, 0) is 25.9 Å². The van der Waals surface area contributed by atoms with Gasteiger partial charge in [-0.25, -0.2) is 4.79 Å². The van der Waals surface area contributed by atoms with Crippen molar-refractivity contribution in [2.45, 2.75) is 37.4 Å². The first-order valence-corrected chi connectivity index (χ1v) is 11.2. The Hall–Kier alpha value is -1.40. The first-order valence-electron chi connectivity index (χ1n) is 8.16. The van der Waals surface area contributed by atoms with Crippen LogP contribution in [-0.2, 0) is 16.0 Å². The van der Waals surface area contributed by atoms with Gasteiger partial charge in [0, 0.05) is 19.9 Å². The molecular weight excluding hydrogens is 343 g/mol. The van der Waals surface area contributed by atoms with Crippen LogP contribution in [0, 0.1) is 0 Å². The minimum atomic E-state index is -1.25. The summed E-state index contributed by atoms with van der Waals surface area (Å²) in [6.07, 6.45) is 6.00. The van der Waals surface area contributed by atoms with Crippen LogP contribution in [0.25, 0.3) is 0 Å². The van der Waals surface area contributed by atoms with E-state index in [0.717, 1.165) is 6.16 Å². The molecule has 1 fully saturated rings. The van der Waals surface area contributed by atoms with Gasteiger partial charge in [-0.2, -0.15) is 0 Å². The van der Waals surface area contributed by atoms with E-state index < -0.39 is 42.6 Å². The number of nitrogens with one attached hydrogen (secondary N) is 1. The summed E-state index contributed by atoms with van der Waals surface area (Å²) in [4.78, 5) is 26.4. The average molecular weight is 370 g/mol. The van der Waals surface area contributed by atoms with Crippen LogP contribution >= 0.6 is 6.89 Å². The molecule has 0 radical (unpaired) electrons. The maximum absolute atomic E-state index is 12.3. The van der Waals surface area contributed by atoms with Crippen molar-refractivity contribution in [3.63, 3.8) is 0 Å². The Labute approximate surface area is 147 Å². The molecular formula is C17H27N2O5P. The molecule has 0 spiro atoms. The topological polar surface area (TPSA) is 93.6 Å². The Kier molecular flexibility index (Phi) is 6.27. The molecule has 2 rings (SSSR count). The van der Waals surface area contributed by atoms with E-state index in [2.05, 4.69) is 31.2 Å². The second-order valence-electron chi connectivity index (χ2n) is 7.02. The zero-order valence-electron chi connectivity index (χ0n) is 15.0. The standard InChI is InChI=1S/C17H27N2O5P/c1-6-8-19-10-11(16(21)18-17(19)22)14-15(23-2)13(20)12(24-14)7-9-25(3,4)5/h6,10,12-15,20H,1,3,7-9H2,2,4-5H3,(H,18,21,22)/t12-,13-,14+,15-/m1/s1. The van der Waals surface area contributed by atoms with Gasteiger partial charge in [0.2, 0.25) is 0 Å². The highest BCUT2D eigenvalue weighted by Crippen LogP contribution is 2.40. The van der Waals surface area contributed by atoms with Crippen molar-refractivity contribution in [3.8, 4) is 0 Å². The van der Waals surface area contributed by atoms with Crippen molar-refractivity contribution in [3.05, 3.63) is 45.3 Å². The molecule has 25 heavy (non-hydrogen) atoms. The molecule has 8 heteroatoms. The van der Waals surface area contributed by atoms with Gasteiger partial charge in [-0.1, -0.05) is 6.08 Å². The number of allylic oxidation sites excluding steroid dienone is 1. The van der Waals surface area contributed by atoms with Crippen LogP contribution in [0.4, 0.5) is 0 Å². The number of aliphatic hydroxyl groups excluding tert-OH is 1. The highest BCUT2D eigenvalue weighted by Gasteiger charge is 2.45. The van der Waals surface area contributed by atoms with Gasteiger partial charge in [0.05, 0.1) is 11.7 Å². The second-order valence-corrected chi connectivity index (χ2v) is 11.3. The number of aromatic nitrogens is 2. The fourth-order valence-electron chi connectivity index (χ4n) is 2.97. The van der Waals surface area contributed by atoms with Gasteiger partial charge in [-0.15, -0.1) is 19.8 Å². The molecule has 0 amide bonds. The molecule has 0 aliphatic carbocycles. The van der Waals surface area contributed by atoms with Gasteiger partial charge < -0.3 is 14.6 Å². The van der Waals surface area contributed by atoms with Crippen molar-refractivity contribution in [2.24, 2.45) is 0 Å². The van der Waals surface area contributed by atoms with Crippen LogP contribution in [0.1, 0.15) is 18.1 Å². The average Bonchev–Trinajstić information content (AvgIpc) is 2.83. The van der Waals surface area contributed by atoms with Gasteiger partial charge >= 0.3 is 5.69 Å². The number of H-pyrrole nitrogens is 1. The highest BCUT2D eigenvalue weighted by atomic mass is 31.2. The number of aliphatic hydroxyl groups is 1. The van der Waals surface area contributed by atoms with Crippen molar-refractivity contribution < 1.29 is 14.6 Å². The summed E-state index contributed by atoms with van der Waals surface area (Å²) in [7, 11) is 1.47. The van der Waals surface area contributed by atoms with Gasteiger partial charge in [0.25, 0.3) is 5.56 Å². The Morgan fingerprint density at radius 2 is 2.16 bits per heavy atom. The third-order valence-electron chi connectivity index (χ3n) is 4.30. The Morgan fingerprint density at radius 3 is 2.72 bits per heavy atom. The van der Waals surface area contributed by atoms with Crippen LogP contribution in [0.2, 0.25) is 0 Å². The van der Waals surface area contributed by atoms with Crippen molar-refractivity contribution in [1.29, 1.82) is 0 Å². The lowest BCUT2D eigenvalue weighted by molar-refractivity contribution is -0.0129. The third kappa shape index (κ3) is 4.61. The number of hydrogen-bond acceptors (Lipinski definition) is 5. The lowest BCUT2D eigenvalue weighted by Gasteiger charge is -2.19. The molecule has 1 aromatic rings. The van der Waals surface area contributed by atoms with Crippen LogP contribution in [-0.4, -0.2) is 65.9 Å². The lowest BCUT2D eigenvalue weighted by Crippen LogP contribution is -2.36. The van der Waals surface area contributed by atoms with Crippen LogP contribution in [0.3, 0.4) is 0 Å². The molecule has 4 atom stereocenters. The number of hydrogen-bond donors (Lipinski definition) is 2. The third-order valence-corrected chi connectivity index (χ3v) is 5.77. The summed E-state index contributed by atoms with van der Waals surface area (Å²) < 4.78 is 12.7. The van der Waals surface area contributed by atoms with Gasteiger partial charge in [0.1, 0.15) is 18.3 Å². The molecule has 1 aliphatic heterocycles. The summed E-state index contributed by atoms with van der Waals surface area (Å²) in [5.74, 6) is 0. The van der Waals surface area contributed by atoms with Crippen molar-refractivity contribution in [2.75, 3.05) is 26.6 Å². The molecule has 2 N–H and O–H groups in total. The molecule has 2 heterocycles. The maximum atomic E-state index is 12.3. The summed E-state index contributed by atoms with van der Waals surface area (Å²) in [5.41, 5.74) is -0.782. The largest absolute Gasteiger partial charge is 0.388 e. The fraction of sp³-hybridized carbons (Fsp3) is 0.588. The highest BCUT2D eigenvalue weighted by molar-refractivity contribution is 7.72.